The molecule has 6 heteroatoms. The third-order valence-corrected chi connectivity index (χ3v) is 2.83. The Bertz CT molecular complexity index is 277. The van der Waals surface area contributed by atoms with Gasteiger partial charge in [-0.05, 0) is 12.8 Å². The quantitative estimate of drug-likeness (QED) is 0.519. The first-order chi connectivity index (χ1) is 6.95. The van der Waals surface area contributed by atoms with E-state index in [1.165, 1.54) is 0 Å². The molecule has 0 rings (SSSR count). The number of alkyl halides is 1. The fraction of sp³-hybridized carbons (Fsp3) is 0.889. The van der Waals surface area contributed by atoms with Crippen LogP contribution in [0.1, 0.15) is 25.7 Å². The van der Waals surface area contributed by atoms with Gasteiger partial charge < -0.3 is 5.32 Å². The molecule has 0 radical (unpaired) electrons. The van der Waals surface area contributed by atoms with Crippen LogP contribution in [0.5, 0.6) is 0 Å². The Labute approximate surface area is 96.3 Å². The lowest BCUT2D eigenvalue weighted by Gasteiger charge is -2.03. The summed E-state index contributed by atoms with van der Waals surface area (Å²) in [7, 11) is -3.20. The monoisotopic (exact) mass is 255 g/mol. The third-order valence-electron chi connectivity index (χ3n) is 1.78. The van der Waals surface area contributed by atoms with Gasteiger partial charge in [-0.15, -0.1) is 11.6 Å². The van der Waals surface area contributed by atoms with Gasteiger partial charge >= 0.3 is 0 Å². The lowest BCUT2D eigenvalue weighted by atomic mass is 10.2. The van der Waals surface area contributed by atoms with Gasteiger partial charge in [0.2, 0.25) is 5.91 Å². The van der Waals surface area contributed by atoms with Crippen LogP contribution >= 0.6 is 11.6 Å². The van der Waals surface area contributed by atoms with Crippen LogP contribution in [-0.4, -0.2) is 38.8 Å². The van der Waals surface area contributed by atoms with Crippen molar-refractivity contribution < 1.29 is 13.2 Å². The molecule has 0 saturated heterocycles. The van der Waals surface area contributed by atoms with E-state index in [2.05, 4.69) is 5.32 Å². The first kappa shape index (κ1) is 14.7. The number of hydrogen-bond donors (Lipinski definition) is 1. The van der Waals surface area contributed by atoms with Gasteiger partial charge in [0.05, 0.1) is 0 Å². The average Bonchev–Trinajstić information content (AvgIpc) is 2.08. The van der Waals surface area contributed by atoms with Gasteiger partial charge in [-0.2, -0.15) is 0 Å². The van der Waals surface area contributed by atoms with Crippen LogP contribution in [0.15, 0.2) is 0 Å². The number of rotatable bonds is 8. The van der Waals surface area contributed by atoms with E-state index in [0.717, 1.165) is 31.9 Å². The summed E-state index contributed by atoms with van der Waals surface area (Å²) in [5.74, 6) is -0.176. The topological polar surface area (TPSA) is 63.2 Å². The van der Waals surface area contributed by atoms with Crippen LogP contribution < -0.4 is 5.32 Å². The van der Waals surface area contributed by atoms with E-state index in [-0.39, 0.29) is 0 Å². The summed E-state index contributed by atoms with van der Waals surface area (Å²) in [6.07, 6.45) is 4.95. The van der Waals surface area contributed by atoms with E-state index in [1.54, 1.807) is 0 Å². The molecule has 0 heterocycles. The lowest BCUT2D eigenvalue weighted by Crippen LogP contribution is -2.30. The second kappa shape index (κ2) is 7.93. The zero-order valence-corrected chi connectivity index (χ0v) is 10.5. The van der Waals surface area contributed by atoms with Gasteiger partial charge in [0, 0.05) is 18.7 Å². The minimum atomic E-state index is -3.20. The highest BCUT2D eigenvalue weighted by Gasteiger charge is 2.09. The smallest absolute Gasteiger partial charge is 0.235 e. The highest BCUT2D eigenvalue weighted by molar-refractivity contribution is 7.91. The number of amides is 1. The number of carbonyl (C=O) groups excluding carboxylic acids is 1. The van der Waals surface area contributed by atoms with E-state index in [9.17, 15) is 13.2 Å². The van der Waals surface area contributed by atoms with Crippen molar-refractivity contribution in [1.29, 1.82) is 0 Å². The van der Waals surface area contributed by atoms with E-state index < -0.39 is 21.5 Å². The van der Waals surface area contributed by atoms with Gasteiger partial charge in [-0.3, -0.25) is 4.79 Å². The Morgan fingerprint density at radius 2 is 1.80 bits per heavy atom. The number of carbonyl (C=O) groups is 1. The molecule has 1 amide bonds. The SMILES string of the molecule is CS(=O)(=O)CC(=O)NCCCCCCCl. The molecule has 90 valence electrons. The fourth-order valence-electron chi connectivity index (χ4n) is 1.09. The Balaban J connectivity index is 3.40. The van der Waals surface area contributed by atoms with Crippen LogP contribution in [0.3, 0.4) is 0 Å². The molecule has 15 heavy (non-hydrogen) atoms. The maximum absolute atomic E-state index is 11.0. The molecule has 0 aromatic carbocycles. The molecule has 0 aliphatic rings. The summed E-state index contributed by atoms with van der Waals surface area (Å²) in [4.78, 5) is 11.0. The second-order valence-corrected chi connectivity index (χ2v) is 6.04. The second-order valence-electron chi connectivity index (χ2n) is 3.52. The summed E-state index contributed by atoms with van der Waals surface area (Å²) in [6.45, 7) is 0.538. The van der Waals surface area contributed by atoms with Crippen LogP contribution in [-0.2, 0) is 14.6 Å². The first-order valence-corrected chi connectivity index (χ1v) is 7.55. The number of unbranched alkanes of at least 4 members (excludes halogenated alkanes) is 3. The van der Waals surface area contributed by atoms with Gasteiger partial charge in [0.25, 0.3) is 0 Å². The maximum atomic E-state index is 11.0. The normalized spacial score (nSPS) is 11.3. The molecule has 0 aromatic rings. The zero-order chi connectivity index (χ0) is 11.7. The predicted octanol–water partition coefficient (Wildman–Crippen LogP) is 0.946. The average molecular weight is 256 g/mol. The summed E-state index contributed by atoms with van der Waals surface area (Å²) < 4.78 is 21.5. The predicted molar refractivity (Wildman–Crippen MR) is 61.9 cm³/mol. The molecule has 1 N–H and O–H groups in total. The molecule has 0 unspecified atom stereocenters. The molecule has 0 atom stereocenters. The molecular weight excluding hydrogens is 238 g/mol. The summed E-state index contributed by atoms with van der Waals surface area (Å²) >= 11 is 5.50. The fourth-order valence-corrected chi connectivity index (χ4v) is 1.86. The van der Waals surface area contributed by atoms with E-state index in [4.69, 9.17) is 11.6 Å². The highest BCUT2D eigenvalue weighted by atomic mass is 35.5. The van der Waals surface area contributed by atoms with E-state index in [1.807, 2.05) is 0 Å². The molecule has 0 aliphatic heterocycles. The van der Waals surface area contributed by atoms with Gasteiger partial charge in [-0.1, -0.05) is 12.8 Å². The first-order valence-electron chi connectivity index (χ1n) is 4.96. The molecule has 0 fully saturated rings. The van der Waals surface area contributed by atoms with Crippen LogP contribution in [0.25, 0.3) is 0 Å². The van der Waals surface area contributed by atoms with Gasteiger partial charge in [0.15, 0.2) is 9.84 Å². The Kier molecular flexibility index (Phi) is 7.78. The zero-order valence-electron chi connectivity index (χ0n) is 8.96. The molecular formula is C9H18ClNO3S. The minimum Gasteiger partial charge on any atom is -0.355 e. The highest BCUT2D eigenvalue weighted by Crippen LogP contribution is 1.99. The Morgan fingerprint density at radius 1 is 1.20 bits per heavy atom. The third kappa shape index (κ3) is 11.6. The Hall–Kier alpha value is -0.290. The van der Waals surface area contributed by atoms with Crippen molar-refractivity contribution in [2.45, 2.75) is 25.7 Å². The Morgan fingerprint density at radius 3 is 2.33 bits per heavy atom. The summed E-state index contributed by atoms with van der Waals surface area (Å²) in [5.41, 5.74) is 0. The molecule has 4 nitrogen and oxygen atoms in total. The molecule has 0 aromatic heterocycles. The number of nitrogens with one attached hydrogen (secondary N) is 1. The van der Waals surface area contributed by atoms with Crippen molar-refractivity contribution in [2.75, 3.05) is 24.4 Å². The van der Waals surface area contributed by atoms with Crippen molar-refractivity contribution in [3.8, 4) is 0 Å². The molecule has 0 saturated carbocycles. The van der Waals surface area contributed by atoms with Crippen molar-refractivity contribution in [2.24, 2.45) is 0 Å². The van der Waals surface area contributed by atoms with Crippen LogP contribution in [0, 0.1) is 0 Å². The lowest BCUT2D eigenvalue weighted by molar-refractivity contribution is -0.118. The van der Waals surface area contributed by atoms with Crippen LogP contribution in [0.4, 0.5) is 0 Å². The van der Waals surface area contributed by atoms with E-state index in [0.29, 0.717) is 12.4 Å². The van der Waals surface area contributed by atoms with Crippen molar-refractivity contribution in [1.82, 2.24) is 5.32 Å². The van der Waals surface area contributed by atoms with E-state index >= 15 is 0 Å². The van der Waals surface area contributed by atoms with Crippen molar-refractivity contribution in [3.05, 3.63) is 0 Å². The summed E-state index contributed by atoms with van der Waals surface area (Å²) in [6, 6.07) is 0. The van der Waals surface area contributed by atoms with Gasteiger partial charge in [-0.25, -0.2) is 8.42 Å². The molecule has 0 aliphatic carbocycles. The van der Waals surface area contributed by atoms with Crippen molar-refractivity contribution >= 4 is 27.3 Å². The van der Waals surface area contributed by atoms with Crippen molar-refractivity contribution in [3.63, 3.8) is 0 Å². The number of halogens is 1. The largest absolute Gasteiger partial charge is 0.355 e. The number of hydrogen-bond acceptors (Lipinski definition) is 3. The molecule has 0 spiro atoms. The minimum absolute atomic E-state index is 0.421. The number of sulfone groups is 1. The molecule has 0 bridgehead atoms. The van der Waals surface area contributed by atoms with Crippen LogP contribution in [0.2, 0.25) is 0 Å². The standard InChI is InChI=1S/C9H18ClNO3S/c1-15(13,14)8-9(12)11-7-5-3-2-4-6-10/h2-8H2,1H3,(H,11,12). The van der Waals surface area contributed by atoms with Gasteiger partial charge in [0.1, 0.15) is 5.75 Å². The summed E-state index contributed by atoms with van der Waals surface area (Å²) in [5, 5.41) is 2.57. The maximum Gasteiger partial charge on any atom is 0.235 e.